The second-order valence-electron chi connectivity index (χ2n) is 3.61. The van der Waals surface area contributed by atoms with E-state index in [0.29, 0.717) is 15.0 Å². The molecule has 0 bridgehead atoms. The molecule has 0 fully saturated rings. The molecule has 1 amide bonds. The van der Waals surface area contributed by atoms with Crippen LogP contribution in [0, 0.1) is 10.1 Å². The summed E-state index contributed by atoms with van der Waals surface area (Å²) >= 11 is 11.0. The van der Waals surface area contributed by atoms with E-state index < -0.39 is 4.92 Å². The molecule has 0 unspecified atom stereocenters. The van der Waals surface area contributed by atoms with Crippen LogP contribution in [0.1, 0.15) is 9.67 Å². The van der Waals surface area contributed by atoms with Crippen molar-refractivity contribution in [3.8, 4) is 0 Å². The summed E-state index contributed by atoms with van der Waals surface area (Å²) in [6.07, 6.45) is 0. The molecule has 104 valence electrons. The van der Waals surface area contributed by atoms with E-state index in [4.69, 9.17) is 0 Å². The first-order valence-electron chi connectivity index (χ1n) is 5.08. The highest BCUT2D eigenvalue weighted by atomic mass is 79.9. The minimum Gasteiger partial charge on any atom is -0.321 e. The van der Waals surface area contributed by atoms with Crippen molar-refractivity contribution < 1.29 is 9.72 Å². The lowest BCUT2D eigenvalue weighted by molar-refractivity contribution is -0.385. The standard InChI is InChI=1S/C11H5Br3N2O3S/c12-6-3-5(1-2-8(6)16(18)19)15-11(17)9-4-7(13)10(14)20-9/h1-4H,(H,15,17). The van der Waals surface area contributed by atoms with Gasteiger partial charge in [0.1, 0.15) is 0 Å². The Kier molecular flexibility index (Phi) is 4.95. The Hall–Kier alpha value is -0.770. The van der Waals surface area contributed by atoms with E-state index in [1.165, 1.54) is 29.5 Å². The molecule has 0 aliphatic heterocycles. The molecule has 0 saturated heterocycles. The summed E-state index contributed by atoms with van der Waals surface area (Å²) in [6.45, 7) is 0. The Balaban J connectivity index is 2.20. The Bertz CT molecular complexity index is 683. The van der Waals surface area contributed by atoms with Gasteiger partial charge in [0.05, 0.1) is 18.1 Å². The molecular weight excluding hydrogens is 480 g/mol. The van der Waals surface area contributed by atoms with Gasteiger partial charge in [0, 0.05) is 16.2 Å². The van der Waals surface area contributed by atoms with Gasteiger partial charge in [0.25, 0.3) is 11.6 Å². The molecule has 1 aromatic carbocycles. The highest BCUT2D eigenvalue weighted by Crippen LogP contribution is 2.33. The summed E-state index contributed by atoms with van der Waals surface area (Å²) in [7, 11) is 0. The fraction of sp³-hybridized carbons (Fsp3) is 0. The van der Waals surface area contributed by atoms with Crippen molar-refractivity contribution in [2.24, 2.45) is 0 Å². The van der Waals surface area contributed by atoms with Crippen molar-refractivity contribution in [1.29, 1.82) is 0 Å². The van der Waals surface area contributed by atoms with Crippen LogP contribution in [0.15, 0.2) is 37.0 Å². The number of rotatable bonds is 3. The molecule has 2 rings (SSSR count). The maximum Gasteiger partial charge on any atom is 0.283 e. The number of anilines is 1. The number of carbonyl (C=O) groups excluding carboxylic acids is 1. The van der Waals surface area contributed by atoms with Gasteiger partial charge in [0.2, 0.25) is 0 Å². The lowest BCUT2D eigenvalue weighted by Gasteiger charge is -2.04. The molecule has 0 spiro atoms. The van der Waals surface area contributed by atoms with Gasteiger partial charge in [-0.25, -0.2) is 0 Å². The number of hydrogen-bond acceptors (Lipinski definition) is 4. The Morgan fingerprint density at radius 1 is 1.20 bits per heavy atom. The van der Waals surface area contributed by atoms with E-state index in [1.54, 1.807) is 6.07 Å². The van der Waals surface area contributed by atoms with Gasteiger partial charge >= 0.3 is 0 Å². The van der Waals surface area contributed by atoms with Gasteiger partial charge < -0.3 is 5.32 Å². The average Bonchev–Trinajstić information content (AvgIpc) is 2.69. The number of nitro benzene ring substituents is 1. The minimum absolute atomic E-state index is 0.0513. The van der Waals surface area contributed by atoms with Crippen molar-refractivity contribution in [1.82, 2.24) is 0 Å². The van der Waals surface area contributed by atoms with Crippen molar-refractivity contribution in [2.45, 2.75) is 0 Å². The van der Waals surface area contributed by atoms with Crippen LogP contribution in [0.2, 0.25) is 0 Å². The fourth-order valence-corrected chi connectivity index (χ4v) is 3.84. The quantitative estimate of drug-likeness (QED) is 0.481. The lowest BCUT2D eigenvalue weighted by atomic mass is 10.3. The zero-order valence-electron chi connectivity index (χ0n) is 9.52. The van der Waals surface area contributed by atoms with Crippen molar-refractivity contribution >= 4 is 76.4 Å². The van der Waals surface area contributed by atoms with Crippen LogP contribution in [0.4, 0.5) is 11.4 Å². The van der Waals surface area contributed by atoms with Gasteiger partial charge in [-0.15, -0.1) is 11.3 Å². The summed E-state index contributed by atoms with van der Waals surface area (Å²) in [5.74, 6) is -0.276. The molecule has 0 radical (unpaired) electrons. The number of amides is 1. The number of thiophene rings is 1. The molecule has 0 saturated carbocycles. The van der Waals surface area contributed by atoms with E-state index in [-0.39, 0.29) is 11.6 Å². The molecule has 0 aliphatic carbocycles. The van der Waals surface area contributed by atoms with Gasteiger partial charge in [-0.1, -0.05) is 0 Å². The van der Waals surface area contributed by atoms with E-state index in [1.807, 2.05) is 0 Å². The van der Waals surface area contributed by atoms with Crippen molar-refractivity contribution in [2.75, 3.05) is 5.32 Å². The maximum atomic E-state index is 12.0. The molecule has 2 aromatic rings. The van der Waals surface area contributed by atoms with Crippen LogP contribution in [0.3, 0.4) is 0 Å². The number of halogens is 3. The Labute approximate surface area is 142 Å². The van der Waals surface area contributed by atoms with E-state index in [2.05, 4.69) is 53.1 Å². The summed E-state index contributed by atoms with van der Waals surface area (Å²) in [5.41, 5.74) is 0.428. The number of hydrogen-bond donors (Lipinski definition) is 1. The molecule has 1 heterocycles. The summed E-state index contributed by atoms with van der Waals surface area (Å²) in [5, 5.41) is 13.4. The summed E-state index contributed by atoms with van der Waals surface area (Å²) in [6, 6.07) is 6.01. The zero-order valence-corrected chi connectivity index (χ0v) is 15.1. The van der Waals surface area contributed by atoms with Crippen LogP contribution in [0.5, 0.6) is 0 Å². The van der Waals surface area contributed by atoms with Crippen LogP contribution < -0.4 is 5.32 Å². The van der Waals surface area contributed by atoms with Crippen LogP contribution in [0.25, 0.3) is 0 Å². The predicted molar refractivity (Wildman–Crippen MR) is 88.5 cm³/mol. The average molecular weight is 485 g/mol. The molecule has 5 nitrogen and oxygen atoms in total. The van der Waals surface area contributed by atoms with E-state index in [0.717, 1.165) is 8.26 Å². The highest BCUT2D eigenvalue weighted by molar-refractivity contribution is 9.13. The highest BCUT2D eigenvalue weighted by Gasteiger charge is 2.15. The normalized spacial score (nSPS) is 10.3. The summed E-state index contributed by atoms with van der Waals surface area (Å²) in [4.78, 5) is 22.7. The number of nitro groups is 1. The zero-order chi connectivity index (χ0) is 14.9. The van der Waals surface area contributed by atoms with Crippen molar-refractivity contribution in [3.05, 3.63) is 52.0 Å². The van der Waals surface area contributed by atoms with E-state index >= 15 is 0 Å². The van der Waals surface area contributed by atoms with Crippen LogP contribution in [-0.4, -0.2) is 10.8 Å². The second-order valence-corrected chi connectivity index (χ2v) is 7.69. The first-order valence-corrected chi connectivity index (χ1v) is 8.28. The number of nitrogens with one attached hydrogen (secondary N) is 1. The smallest absolute Gasteiger partial charge is 0.283 e. The first kappa shape index (κ1) is 15.6. The number of carbonyl (C=O) groups is 1. The minimum atomic E-state index is -0.497. The van der Waals surface area contributed by atoms with Gasteiger partial charge in [-0.05, 0) is 66.0 Å². The van der Waals surface area contributed by atoms with Gasteiger partial charge in [-0.3, -0.25) is 14.9 Å². The van der Waals surface area contributed by atoms with Gasteiger partial charge in [-0.2, -0.15) is 0 Å². The maximum absolute atomic E-state index is 12.0. The number of benzene rings is 1. The third kappa shape index (κ3) is 3.46. The lowest BCUT2D eigenvalue weighted by Crippen LogP contribution is -2.10. The monoisotopic (exact) mass is 482 g/mol. The van der Waals surface area contributed by atoms with Crippen LogP contribution >= 0.6 is 59.1 Å². The molecule has 20 heavy (non-hydrogen) atoms. The fourth-order valence-electron chi connectivity index (χ4n) is 1.38. The second kappa shape index (κ2) is 6.33. The van der Waals surface area contributed by atoms with Gasteiger partial charge in [0.15, 0.2) is 0 Å². The Morgan fingerprint density at radius 3 is 2.40 bits per heavy atom. The van der Waals surface area contributed by atoms with Crippen molar-refractivity contribution in [3.63, 3.8) is 0 Å². The molecule has 0 atom stereocenters. The Morgan fingerprint density at radius 2 is 1.90 bits per heavy atom. The van der Waals surface area contributed by atoms with Crippen LogP contribution in [-0.2, 0) is 0 Å². The molecule has 1 N–H and O–H groups in total. The molecule has 0 aliphatic rings. The SMILES string of the molecule is O=C(Nc1ccc([N+](=O)[O-])c(Br)c1)c1cc(Br)c(Br)s1. The molecule has 1 aromatic heterocycles. The topological polar surface area (TPSA) is 72.2 Å². The predicted octanol–water partition coefficient (Wildman–Crippen LogP) is 5.20. The number of nitrogens with zero attached hydrogens (tertiary/aromatic N) is 1. The first-order chi connectivity index (χ1) is 9.38. The van der Waals surface area contributed by atoms with E-state index in [9.17, 15) is 14.9 Å². The molecular formula is C11H5Br3N2O3S. The summed E-state index contributed by atoms with van der Waals surface area (Å²) < 4.78 is 1.94. The largest absolute Gasteiger partial charge is 0.321 e. The third-order valence-electron chi connectivity index (χ3n) is 2.27. The third-order valence-corrected chi connectivity index (χ3v) is 6.16. The molecule has 9 heteroatoms.